The second kappa shape index (κ2) is 24.9. The van der Waals surface area contributed by atoms with Gasteiger partial charge in [0, 0.05) is 10.0 Å². The van der Waals surface area contributed by atoms with E-state index in [-0.39, 0.29) is 12.8 Å². The predicted molar refractivity (Wildman–Crippen MR) is 242 cm³/mol. The van der Waals surface area contributed by atoms with Crippen molar-refractivity contribution in [3.8, 4) is 16.9 Å². The molecule has 3 aromatic carbocycles. The summed E-state index contributed by atoms with van der Waals surface area (Å²) >= 11 is 8.84. The van der Waals surface area contributed by atoms with Crippen LogP contribution in [0.25, 0.3) is 11.1 Å². The van der Waals surface area contributed by atoms with Crippen LogP contribution in [0.2, 0.25) is 13.1 Å². The van der Waals surface area contributed by atoms with Crippen LogP contribution in [0.3, 0.4) is 0 Å². The molecule has 1 aromatic heterocycles. The van der Waals surface area contributed by atoms with Gasteiger partial charge in [-0.2, -0.15) is 11.9 Å². The summed E-state index contributed by atoms with van der Waals surface area (Å²) in [5, 5.41) is 11.2. The minimum absolute atomic E-state index is 0. The number of nitrogens with zero attached hydrogens (tertiary/aromatic N) is 2. The second-order valence-electron chi connectivity index (χ2n) is 15.9. The topological polar surface area (TPSA) is 63.8 Å². The average Bonchev–Trinajstić information content (AvgIpc) is 3.59. The van der Waals surface area contributed by atoms with E-state index in [0.717, 1.165) is 47.8 Å². The van der Waals surface area contributed by atoms with Crippen molar-refractivity contribution in [2.24, 2.45) is 3.50 Å². The molecule has 8 heteroatoms. The fraction of sp³-hybridized carbons (Fsp3) is 0.489. The molecular weight excluding hydrogens is 996 g/mol. The Morgan fingerprint density at radius 1 is 0.836 bits per heavy atom. The molecule has 2 aliphatic carbocycles. The zero-order valence-corrected chi connectivity index (χ0v) is 41.6. The van der Waals surface area contributed by atoms with E-state index >= 15 is 0 Å². The summed E-state index contributed by atoms with van der Waals surface area (Å²) in [6.07, 6.45) is 11.9. The Hall–Kier alpha value is -1.79. The van der Waals surface area contributed by atoms with E-state index in [2.05, 4.69) is 133 Å². The molecule has 0 unspecified atom stereocenters. The molecule has 0 saturated heterocycles. The van der Waals surface area contributed by atoms with Crippen LogP contribution in [0.5, 0.6) is 5.75 Å². The van der Waals surface area contributed by atoms with Crippen LogP contribution >= 0.6 is 31.9 Å². The quantitative estimate of drug-likeness (QED) is 0.164. The molecule has 55 heavy (non-hydrogen) atoms. The van der Waals surface area contributed by atoms with Crippen LogP contribution in [0, 0.1) is 20.8 Å². The molecule has 1 heterocycles. The van der Waals surface area contributed by atoms with Crippen molar-refractivity contribution in [2.75, 3.05) is 0 Å². The maximum atomic E-state index is 11.2. The van der Waals surface area contributed by atoms with Gasteiger partial charge >= 0.3 is 97.7 Å². The van der Waals surface area contributed by atoms with Crippen molar-refractivity contribution >= 4 is 46.2 Å². The first-order chi connectivity index (χ1) is 25.4. The van der Waals surface area contributed by atoms with Gasteiger partial charge in [0.2, 0.25) is 0 Å². The van der Waals surface area contributed by atoms with Gasteiger partial charge in [0.05, 0.1) is 4.47 Å². The molecule has 6 rings (SSSR count). The van der Waals surface area contributed by atoms with Gasteiger partial charge in [-0.05, 0) is 131 Å². The summed E-state index contributed by atoms with van der Waals surface area (Å²) in [5.41, 5.74) is 14.5. The van der Waals surface area contributed by atoms with Crippen molar-refractivity contribution in [3.63, 3.8) is 0 Å². The molecule has 0 bridgehead atoms. The van der Waals surface area contributed by atoms with E-state index in [1.54, 1.807) is 19.3 Å². The Labute approximate surface area is 365 Å². The van der Waals surface area contributed by atoms with Gasteiger partial charge in [0.15, 0.2) is 0 Å². The Kier molecular flexibility index (Phi) is 23.2. The molecule has 304 valence electrons. The van der Waals surface area contributed by atoms with E-state index in [1.165, 1.54) is 100.0 Å². The molecule has 0 fully saturated rings. The van der Waals surface area contributed by atoms with Crippen LogP contribution in [0.15, 0.2) is 61.1 Å². The van der Waals surface area contributed by atoms with Gasteiger partial charge in [-0.1, -0.05) is 63.2 Å². The maximum Gasteiger partial charge on any atom is 0.270 e. The summed E-state index contributed by atoms with van der Waals surface area (Å²) in [4.78, 5) is 3.92. The number of hydrogen-bond acceptors (Lipinski definition) is 3. The van der Waals surface area contributed by atoms with Crippen LogP contribution in [-0.4, -0.2) is 13.8 Å². The van der Waals surface area contributed by atoms with Crippen molar-refractivity contribution < 1.29 is 29.2 Å². The third-order valence-corrected chi connectivity index (χ3v) is 11.2. The normalized spacial score (nSPS) is 12.8. The number of halogens is 2. The number of phenols is 1. The average molecular weight is 1060 g/mol. The number of aromatic nitrogens is 1. The SMILES string of the molecule is C.CC(C)(C)c1c(Br)cc2c(c1-c1c(O)c(Br)cc3c1CCCC3)CCCC2.CC(C)c1cccc(C(C)C)c1[N]=[W].C[Si](C)=O.Cc1ccc[n-]1.[CH2-]C[CH2-]. The Morgan fingerprint density at radius 2 is 1.27 bits per heavy atom. The Balaban J connectivity index is 0.000000449. The first-order valence-electron chi connectivity index (χ1n) is 19.3. The standard InChI is InChI=1S/C24H28Br2O.C12H17N.C5H6N.C3H6.C2H6OSi.CH4.W/c1-24(2,3)22-18(25)12-14-8-4-6-10-16(14)20(22)21-17-11-7-5-9-15(17)13-19(26)23(21)27;1-8(2)10-6-5-7-11(9(3)4)12(10)13;1-5-3-2-4-6-5;1-3-2;1-4(2)3;;/h12-13,27H,4-11H2,1-3H3;5-9H,1-4H3;2-4H,1H3;1-3H2;1-2H3;1H4;/q;;-1;-2;;;. The summed E-state index contributed by atoms with van der Waals surface area (Å²) in [5.74, 6) is 1.55. The van der Waals surface area contributed by atoms with Crippen LogP contribution in [-0.2, 0) is 55.2 Å². The number of phenolic OH excluding ortho intramolecular Hbond substituents is 1. The number of rotatable bonds is 4. The summed E-state index contributed by atoms with van der Waals surface area (Å²) < 4.78 is 16.2. The van der Waals surface area contributed by atoms with Crippen LogP contribution in [0.4, 0.5) is 5.69 Å². The largest absolute Gasteiger partial charge is 0.668 e. The Morgan fingerprint density at radius 3 is 1.64 bits per heavy atom. The molecular formula is C47H67Br2N2O2SiW-3. The molecule has 1 N–H and O–H groups in total. The molecule has 4 nitrogen and oxygen atoms in total. The monoisotopic (exact) mass is 1060 g/mol. The molecule has 2 aliphatic rings. The first-order valence-corrected chi connectivity index (χ1v) is 24.7. The molecule has 0 aliphatic heterocycles. The molecule has 0 radical (unpaired) electrons. The number of fused-ring (bicyclic) bond motifs is 2. The molecule has 4 aromatic rings. The minimum atomic E-state index is -1.13. The molecule has 0 amide bonds. The van der Waals surface area contributed by atoms with Crippen molar-refractivity contribution in [1.82, 2.24) is 4.98 Å². The van der Waals surface area contributed by atoms with Gasteiger partial charge in [0.1, 0.15) is 5.75 Å². The smallest absolute Gasteiger partial charge is 0.270 e. The van der Waals surface area contributed by atoms with Crippen molar-refractivity contribution in [3.05, 3.63) is 116 Å². The zero-order chi connectivity index (χ0) is 40.7. The summed E-state index contributed by atoms with van der Waals surface area (Å²) in [7, 11) is -1.13. The van der Waals surface area contributed by atoms with Crippen molar-refractivity contribution in [1.29, 1.82) is 0 Å². The van der Waals surface area contributed by atoms with Gasteiger partial charge in [-0.3, -0.25) is 0 Å². The van der Waals surface area contributed by atoms with Gasteiger partial charge in [-0.25, -0.2) is 0 Å². The van der Waals surface area contributed by atoms with Gasteiger partial charge in [-0.15, -0.1) is 0 Å². The van der Waals surface area contributed by atoms with E-state index in [1.807, 2.05) is 19.1 Å². The molecule has 0 atom stereocenters. The van der Waals surface area contributed by atoms with Gasteiger partial charge < -0.3 is 34.8 Å². The zero-order valence-electron chi connectivity index (χ0n) is 34.5. The molecule has 0 spiro atoms. The van der Waals surface area contributed by atoms with E-state index in [0.29, 0.717) is 17.6 Å². The number of aromatic hydroxyl groups is 1. The fourth-order valence-electron chi connectivity index (χ4n) is 7.01. The number of benzene rings is 3. The third kappa shape index (κ3) is 15.1. The van der Waals surface area contributed by atoms with Crippen LogP contribution in [0.1, 0.15) is 144 Å². The summed E-state index contributed by atoms with van der Waals surface area (Å²) in [6, 6.07) is 14.9. The number of hydrogen-bond donors (Lipinski definition) is 1. The van der Waals surface area contributed by atoms with E-state index < -0.39 is 8.68 Å². The number of aryl methyl sites for hydroxylation is 3. The first kappa shape index (κ1) is 51.2. The Bertz CT molecular complexity index is 1780. The van der Waals surface area contributed by atoms with Gasteiger partial charge in [0.25, 0.3) is 8.68 Å². The fourth-order valence-corrected chi connectivity index (χ4v) is 9.31. The van der Waals surface area contributed by atoms with E-state index in [9.17, 15) is 9.57 Å². The molecule has 0 saturated carbocycles. The van der Waals surface area contributed by atoms with Crippen LogP contribution < -0.4 is 4.98 Å². The predicted octanol–water partition coefficient (Wildman–Crippen LogP) is 15.2. The second-order valence-corrected chi connectivity index (χ2v) is 20.0. The van der Waals surface area contributed by atoms with E-state index in [4.69, 9.17) is 0 Å². The summed E-state index contributed by atoms with van der Waals surface area (Å²) in [6.45, 7) is 27.9. The maximum absolute atomic E-state index is 11.2. The third-order valence-electron chi connectivity index (χ3n) is 9.31. The van der Waals surface area contributed by atoms with Crippen molar-refractivity contribution in [2.45, 2.75) is 151 Å². The minimum Gasteiger partial charge on any atom is -0.668 e.